The molecule has 0 saturated carbocycles. The van der Waals surface area contributed by atoms with Crippen LogP contribution in [0.3, 0.4) is 0 Å². The van der Waals surface area contributed by atoms with Crippen LogP contribution in [0.1, 0.15) is 22.3 Å². The lowest BCUT2D eigenvalue weighted by Crippen LogP contribution is -2.42. The molecule has 0 heterocycles. The number of carboxylic acid groups (broad SMARTS) is 2. The molecular formula is C13H15NO6. The second-order valence-corrected chi connectivity index (χ2v) is 4.17. The van der Waals surface area contributed by atoms with Crippen molar-refractivity contribution in [3.8, 4) is 5.75 Å². The third-order valence-corrected chi connectivity index (χ3v) is 2.58. The van der Waals surface area contributed by atoms with Crippen LogP contribution < -0.4 is 10.1 Å². The van der Waals surface area contributed by atoms with Crippen molar-refractivity contribution in [1.82, 2.24) is 5.32 Å². The number of rotatable bonds is 6. The number of carbonyl (C=O) groups excluding carboxylic acids is 1. The van der Waals surface area contributed by atoms with Crippen LogP contribution in [0.15, 0.2) is 18.2 Å². The third kappa shape index (κ3) is 3.98. The van der Waals surface area contributed by atoms with Crippen molar-refractivity contribution >= 4 is 17.8 Å². The molecule has 1 aromatic carbocycles. The maximum atomic E-state index is 12.0. The van der Waals surface area contributed by atoms with E-state index in [1.165, 1.54) is 13.2 Å². The normalized spacial score (nSPS) is 11.5. The summed E-state index contributed by atoms with van der Waals surface area (Å²) in [5, 5.41) is 19.7. The Labute approximate surface area is 115 Å². The number of carboxylic acids is 2. The minimum absolute atomic E-state index is 0.157. The number of nitrogens with one attached hydrogen (secondary N) is 1. The predicted molar refractivity (Wildman–Crippen MR) is 68.9 cm³/mol. The Morgan fingerprint density at radius 3 is 2.45 bits per heavy atom. The first-order valence-electron chi connectivity index (χ1n) is 5.75. The minimum atomic E-state index is -1.50. The van der Waals surface area contributed by atoms with Crippen LogP contribution in [-0.4, -0.2) is 41.2 Å². The van der Waals surface area contributed by atoms with Gasteiger partial charge in [-0.2, -0.15) is 0 Å². The van der Waals surface area contributed by atoms with E-state index in [9.17, 15) is 14.4 Å². The molecule has 1 atom stereocenters. The first kappa shape index (κ1) is 15.5. The van der Waals surface area contributed by atoms with E-state index in [4.69, 9.17) is 14.9 Å². The summed E-state index contributed by atoms with van der Waals surface area (Å²) < 4.78 is 5.02. The molecule has 0 aromatic heterocycles. The van der Waals surface area contributed by atoms with Gasteiger partial charge >= 0.3 is 11.9 Å². The predicted octanol–water partition coefficient (Wildman–Crippen LogP) is 0.661. The molecule has 7 heteroatoms. The number of aryl methyl sites for hydroxylation is 1. The lowest BCUT2D eigenvalue weighted by atomic mass is 10.1. The second-order valence-electron chi connectivity index (χ2n) is 4.17. The fourth-order valence-electron chi connectivity index (χ4n) is 1.61. The SMILES string of the molecule is COc1ccc(C)cc1C(=O)N[C@@H](CC(=O)O)C(=O)O. The smallest absolute Gasteiger partial charge is 0.326 e. The van der Waals surface area contributed by atoms with Crippen LogP contribution >= 0.6 is 0 Å². The molecule has 0 fully saturated rings. The molecule has 0 bridgehead atoms. The Bertz CT molecular complexity index is 540. The van der Waals surface area contributed by atoms with Gasteiger partial charge < -0.3 is 20.3 Å². The number of amides is 1. The second kappa shape index (κ2) is 6.55. The third-order valence-electron chi connectivity index (χ3n) is 2.58. The number of carbonyl (C=O) groups is 3. The van der Waals surface area contributed by atoms with Crippen molar-refractivity contribution < 1.29 is 29.3 Å². The number of methoxy groups -OCH3 is 1. The number of hydrogen-bond donors (Lipinski definition) is 3. The van der Waals surface area contributed by atoms with Gasteiger partial charge in [0.05, 0.1) is 19.1 Å². The van der Waals surface area contributed by atoms with E-state index in [1.54, 1.807) is 19.1 Å². The standard InChI is InChI=1S/C13H15NO6/c1-7-3-4-10(20-2)8(5-7)12(17)14-9(13(18)19)6-11(15)16/h3-5,9H,6H2,1-2H3,(H,14,17)(H,15,16)(H,18,19)/t9-/m0/s1. The summed E-state index contributed by atoms with van der Waals surface area (Å²) in [5.74, 6) is -3.13. The van der Waals surface area contributed by atoms with Crippen LogP contribution in [0, 0.1) is 6.92 Å². The Balaban J connectivity index is 2.96. The fraction of sp³-hybridized carbons (Fsp3) is 0.308. The first-order valence-corrected chi connectivity index (χ1v) is 5.75. The van der Waals surface area contributed by atoms with Gasteiger partial charge in [0.2, 0.25) is 0 Å². The van der Waals surface area contributed by atoms with Crippen LogP contribution in [0.25, 0.3) is 0 Å². The highest BCUT2D eigenvalue weighted by atomic mass is 16.5. The molecule has 20 heavy (non-hydrogen) atoms. The molecule has 0 saturated heterocycles. The summed E-state index contributed by atoms with van der Waals surface area (Å²) in [5.41, 5.74) is 0.949. The molecule has 7 nitrogen and oxygen atoms in total. The van der Waals surface area contributed by atoms with Crippen molar-refractivity contribution in [2.75, 3.05) is 7.11 Å². The molecule has 3 N–H and O–H groups in total. The number of aliphatic carboxylic acids is 2. The van der Waals surface area contributed by atoms with Crippen molar-refractivity contribution in [1.29, 1.82) is 0 Å². The molecule has 1 rings (SSSR count). The van der Waals surface area contributed by atoms with E-state index >= 15 is 0 Å². The summed E-state index contributed by atoms with van der Waals surface area (Å²) in [4.78, 5) is 33.5. The van der Waals surface area contributed by atoms with E-state index in [0.29, 0.717) is 0 Å². The van der Waals surface area contributed by atoms with E-state index in [0.717, 1.165) is 5.56 Å². The minimum Gasteiger partial charge on any atom is -0.496 e. The van der Waals surface area contributed by atoms with Gasteiger partial charge in [-0.1, -0.05) is 11.6 Å². The molecular weight excluding hydrogens is 266 g/mol. The highest BCUT2D eigenvalue weighted by molar-refractivity contribution is 5.99. The maximum absolute atomic E-state index is 12.0. The van der Waals surface area contributed by atoms with Gasteiger partial charge in [-0.05, 0) is 19.1 Å². The Morgan fingerprint density at radius 1 is 1.30 bits per heavy atom. The van der Waals surface area contributed by atoms with Crippen LogP contribution in [0.4, 0.5) is 0 Å². The molecule has 108 valence electrons. The first-order chi connectivity index (χ1) is 9.35. The average Bonchev–Trinajstić information content (AvgIpc) is 2.37. The van der Waals surface area contributed by atoms with Gasteiger partial charge in [-0.15, -0.1) is 0 Å². The summed E-state index contributed by atoms with van der Waals surface area (Å²) in [7, 11) is 1.38. The zero-order valence-electron chi connectivity index (χ0n) is 11.0. The van der Waals surface area contributed by atoms with E-state index < -0.39 is 30.3 Å². The van der Waals surface area contributed by atoms with E-state index in [1.807, 2.05) is 0 Å². The van der Waals surface area contributed by atoms with Crippen LogP contribution in [0.5, 0.6) is 5.75 Å². The lowest BCUT2D eigenvalue weighted by Gasteiger charge is -2.14. The monoisotopic (exact) mass is 281 g/mol. The molecule has 1 aromatic rings. The van der Waals surface area contributed by atoms with Gasteiger partial charge in [-0.25, -0.2) is 4.79 Å². The number of ether oxygens (including phenoxy) is 1. The van der Waals surface area contributed by atoms with E-state index in [2.05, 4.69) is 5.32 Å². The molecule has 0 radical (unpaired) electrons. The summed E-state index contributed by atoms with van der Waals surface area (Å²) in [6.07, 6.45) is -0.699. The van der Waals surface area contributed by atoms with Gasteiger partial charge in [0.15, 0.2) is 0 Å². The molecule has 0 unspecified atom stereocenters. The molecule has 1 amide bonds. The maximum Gasteiger partial charge on any atom is 0.326 e. The van der Waals surface area contributed by atoms with Crippen molar-refractivity contribution in [3.05, 3.63) is 29.3 Å². The zero-order valence-corrected chi connectivity index (χ0v) is 11.0. The Kier molecular flexibility index (Phi) is 5.08. The van der Waals surface area contributed by atoms with Gasteiger partial charge in [0.25, 0.3) is 5.91 Å². The number of hydrogen-bond acceptors (Lipinski definition) is 4. The zero-order chi connectivity index (χ0) is 15.3. The van der Waals surface area contributed by atoms with Gasteiger partial charge in [0.1, 0.15) is 11.8 Å². The van der Waals surface area contributed by atoms with E-state index in [-0.39, 0.29) is 11.3 Å². The molecule has 0 aliphatic heterocycles. The Hall–Kier alpha value is -2.57. The highest BCUT2D eigenvalue weighted by Crippen LogP contribution is 2.19. The van der Waals surface area contributed by atoms with Crippen molar-refractivity contribution in [2.24, 2.45) is 0 Å². The summed E-state index contributed by atoms with van der Waals surface area (Å²) >= 11 is 0. The van der Waals surface area contributed by atoms with Crippen molar-refractivity contribution in [3.63, 3.8) is 0 Å². The quantitative estimate of drug-likeness (QED) is 0.706. The van der Waals surface area contributed by atoms with Gasteiger partial charge in [0, 0.05) is 0 Å². The van der Waals surface area contributed by atoms with Gasteiger partial charge in [-0.3, -0.25) is 9.59 Å². The molecule has 0 aliphatic carbocycles. The van der Waals surface area contributed by atoms with Crippen molar-refractivity contribution in [2.45, 2.75) is 19.4 Å². The Morgan fingerprint density at radius 2 is 1.95 bits per heavy atom. The molecule has 0 aliphatic rings. The number of benzene rings is 1. The van der Waals surface area contributed by atoms with Crippen LogP contribution in [0.2, 0.25) is 0 Å². The highest BCUT2D eigenvalue weighted by Gasteiger charge is 2.24. The topological polar surface area (TPSA) is 113 Å². The van der Waals surface area contributed by atoms with Crippen LogP contribution in [-0.2, 0) is 9.59 Å². The largest absolute Gasteiger partial charge is 0.496 e. The fourth-order valence-corrected chi connectivity index (χ4v) is 1.61. The molecule has 0 spiro atoms. The average molecular weight is 281 g/mol. The summed E-state index contributed by atoms with van der Waals surface area (Å²) in [6.45, 7) is 1.77. The lowest BCUT2D eigenvalue weighted by molar-refractivity contribution is -0.145. The summed E-state index contributed by atoms with van der Waals surface area (Å²) in [6, 6.07) is 3.36.